The third-order valence-electron chi connectivity index (χ3n) is 4.85. The van der Waals surface area contributed by atoms with Crippen LogP contribution in [-0.4, -0.2) is 44.7 Å². The molecule has 144 valence electrons. The van der Waals surface area contributed by atoms with Crippen LogP contribution in [0.15, 0.2) is 36.5 Å². The lowest BCUT2D eigenvalue weighted by atomic mass is 10.1. The predicted octanol–water partition coefficient (Wildman–Crippen LogP) is 3.06. The fourth-order valence-corrected chi connectivity index (χ4v) is 3.31. The van der Waals surface area contributed by atoms with Crippen molar-refractivity contribution in [2.24, 2.45) is 0 Å². The minimum absolute atomic E-state index is 0.152. The zero-order chi connectivity index (χ0) is 19.1. The van der Waals surface area contributed by atoms with Gasteiger partial charge >= 0.3 is 0 Å². The summed E-state index contributed by atoms with van der Waals surface area (Å²) in [5.74, 6) is 1.24. The molecule has 6 nitrogen and oxygen atoms in total. The van der Waals surface area contributed by atoms with Crippen LogP contribution in [0.1, 0.15) is 35.3 Å². The number of hydrogen-bond acceptors (Lipinski definition) is 5. The average Bonchev–Trinajstić information content (AvgIpc) is 2.74. The molecule has 1 aliphatic heterocycles. The maximum absolute atomic E-state index is 12.3. The van der Waals surface area contributed by atoms with Gasteiger partial charge in [-0.05, 0) is 55.5 Å². The van der Waals surface area contributed by atoms with E-state index in [2.05, 4.69) is 15.2 Å². The Labute approximate surface area is 160 Å². The van der Waals surface area contributed by atoms with Crippen molar-refractivity contribution in [2.75, 3.05) is 38.8 Å². The molecule has 1 fully saturated rings. The molecule has 0 unspecified atom stereocenters. The number of anilines is 1. The quantitative estimate of drug-likeness (QED) is 0.813. The molecule has 1 amide bonds. The molecule has 3 rings (SSSR count). The van der Waals surface area contributed by atoms with Gasteiger partial charge in [0.2, 0.25) is 0 Å². The number of aromatic nitrogens is 1. The first-order valence-electron chi connectivity index (χ1n) is 9.41. The fraction of sp³-hybridized carbons (Fsp3) is 0.429. The zero-order valence-corrected chi connectivity index (χ0v) is 16.0. The second-order valence-electron chi connectivity index (χ2n) is 6.64. The Morgan fingerprint density at radius 2 is 1.85 bits per heavy atom. The van der Waals surface area contributed by atoms with Crippen LogP contribution in [0.3, 0.4) is 0 Å². The van der Waals surface area contributed by atoms with Gasteiger partial charge in [-0.3, -0.25) is 4.79 Å². The van der Waals surface area contributed by atoms with E-state index in [4.69, 9.17) is 9.47 Å². The highest BCUT2D eigenvalue weighted by Crippen LogP contribution is 2.27. The highest BCUT2D eigenvalue weighted by Gasteiger charge is 2.13. The number of nitrogens with zero attached hydrogens (tertiary/aromatic N) is 2. The van der Waals surface area contributed by atoms with Crippen molar-refractivity contribution in [3.8, 4) is 11.5 Å². The lowest BCUT2D eigenvalue weighted by Gasteiger charge is -2.28. The van der Waals surface area contributed by atoms with E-state index in [1.165, 1.54) is 19.3 Å². The van der Waals surface area contributed by atoms with Gasteiger partial charge in [0.05, 0.1) is 26.1 Å². The Bertz CT molecular complexity index is 756. The van der Waals surface area contributed by atoms with E-state index >= 15 is 0 Å². The molecule has 0 radical (unpaired) electrons. The molecule has 2 heterocycles. The van der Waals surface area contributed by atoms with Crippen molar-refractivity contribution < 1.29 is 14.3 Å². The maximum Gasteiger partial charge on any atom is 0.269 e. The number of pyridine rings is 1. The number of methoxy groups -OCH3 is 2. The van der Waals surface area contributed by atoms with Crippen molar-refractivity contribution in [1.29, 1.82) is 0 Å². The van der Waals surface area contributed by atoms with Crippen molar-refractivity contribution in [2.45, 2.75) is 25.7 Å². The van der Waals surface area contributed by atoms with E-state index in [9.17, 15) is 4.79 Å². The van der Waals surface area contributed by atoms with Crippen LogP contribution < -0.4 is 19.7 Å². The number of amides is 1. The van der Waals surface area contributed by atoms with Crippen molar-refractivity contribution >= 4 is 11.6 Å². The van der Waals surface area contributed by atoms with Crippen LogP contribution in [0.25, 0.3) is 0 Å². The number of nitrogens with one attached hydrogen (secondary N) is 1. The highest BCUT2D eigenvalue weighted by molar-refractivity contribution is 5.92. The Morgan fingerprint density at radius 1 is 1.07 bits per heavy atom. The van der Waals surface area contributed by atoms with Gasteiger partial charge in [-0.2, -0.15) is 0 Å². The van der Waals surface area contributed by atoms with Gasteiger partial charge in [0, 0.05) is 19.6 Å². The summed E-state index contributed by atoms with van der Waals surface area (Å²) in [5, 5.41) is 2.93. The largest absolute Gasteiger partial charge is 0.493 e. The van der Waals surface area contributed by atoms with Gasteiger partial charge in [-0.25, -0.2) is 4.98 Å². The molecule has 27 heavy (non-hydrogen) atoms. The molecule has 2 aromatic rings. The van der Waals surface area contributed by atoms with Crippen molar-refractivity contribution in [3.63, 3.8) is 0 Å². The number of benzene rings is 1. The molecule has 6 heteroatoms. The highest BCUT2D eigenvalue weighted by atomic mass is 16.5. The standard InChI is InChI=1S/C21H27N3O3/c1-26-19-9-6-16(14-20(19)27-2)10-11-22-21(25)18-8-7-17(15-23-18)24-12-4-3-5-13-24/h6-9,14-15H,3-5,10-13H2,1-2H3,(H,22,25). The normalized spacial score (nSPS) is 13.9. The zero-order valence-electron chi connectivity index (χ0n) is 16.0. The van der Waals surface area contributed by atoms with Gasteiger partial charge in [0.15, 0.2) is 11.5 Å². The summed E-state index contributed by atoms with van der Waals surface area (Å²) in [6, 6.07) is 9.56. The minimum Gasteiger partial charge on any atom is -0.493 e. The minimum atomic E-state index is -0.152. The van der Waals surface area contributed by atoms with E-state index in [1.54, 1.807) is 26.5 Å². The fourth-order valence-electron chi connectivity index (χ4n) is 3.31. The summed E-state index contributed by atoms with van der Waals surface area (Å²) in [6.45, 7) is 2.67. The molecule has 0 bridgehead atoms. The lowest BCUT2D eigenvalue weighted by Crippen LogP contribution is -2.30. The van der Waals surface area contributed by atoms with E-state index in [0.29, 0.717) is 30.2 Å². The first kappa shape index (κ1) is 19.0. The van der Waals surface area contributed by atoms with E-state index in [1.807, 2.05) is 24.3 Å². The first-order chi connectivity index (χ1) is 13.2. The molecule has 0 saturated carbocycles. The van der Waals surface area contributed by atoms with Crippen molar-refractivity contribution in [1.82, 2.24) is 10.3 Å². The molecule has 1 N–H and O–H groups in total. The SMILES string of the molecule is COc1ccc(CCNC(=O)c2ccc(N3CCCCC3)cn2)cc1OC. The van der Waals surface area contributed by atoms with Crippen LogP contribution in [0, 0.1) is 0 Å². The van der Waals surface area contributed by atoms with Gasteiger partial charge in [-0.1, -0.05) is 6.07 Å². The van der Waals surface area contributed by atoms with Gasteiger partial charge in [0.25, 0.3) is 5.91 Å². The van der Waals surface area contributed by atoms with Crippen LogP contribution in [-0.2, 0) is 6.42 Å². The molecular weight excluding hydrogens is 342 g/mol. The molecular formula is C21H27N3O3. The molecule has 0 atom stereocenters. The molecule has 1 saturated heterocycles. The third kappa shape index (κ3) is 4.90. The van der Waals surface area contributed by atoms with Gasteiger partial charge in [0.1, 0.15) is 5.69 Å². The van der Waals surface area contributed by atoms with Crippen LogP contribution in [0.4, 0.5) is 5.69 Å². The Balaban J connectivity index is 1.52. The van der Waals surface area contributed by atoms with Crippen LogP contribution >= 0.6 is 0 Å². The molecule has 0 aliphatic carbocycles. The van der Waals surface area contributed by atoms with Crippen LogP contribution in [0.5, 0.6) is 11.5 Å². The summed E-state index contributed by atoms with van der Waals surface area (Å²) in [7, 11) is 3.23. The van der Waals surface area contributed by atoms with Crippen molar-refractivity contribution in [3.05, 3.63) is 47.8 Å². The predicted molar refractivity (Wildman–Crippen MR) is 106 cm³/mol. The van der Waals surface area contributed by atoms with E-state index in [0.717, 1.165) is 24.3 Å². The molecule has 1 aromatic heterocycles. The lowest BCUT2D eigenvalue weighted by molar-refractivity contribution is 0.0949. The molecule has 1 aromatic carbocycles. The summed E-state index contributed by atoms with van der Waals surface area (Å²) >= 11 is 0. The first-order valence-corrected chi connectivity index (χ1v) is 9.41. The van der Waals surface area contributed by atoms with Gasteiger partial charge < -0.3 is 19.7 Å². The average molecular weight is 369 g/mol. The number of carbonyl (C=O) groups excluding carboxylic acids is 1. The van der Waals surface area contributed by atoms with Gasteiger partial charge in [-0.15, -0.1) is 0 Å². The Hall–Kier alpha value is -2.76. The summed E-state index contributed by atoms with van der Waals surface area (Å²) < 4.78 is 10.5. The third-order valence-corrected chi connectivity index (χ3v) is 4.85. The summed E-state index contributed by atoms with van der Waals surface area (Å²) in [4.78, 5) is 19.0. The smallest absolute Gasteiger partial charge is 0.269 e. The number of carbonyl (C=O) groups is 1. The second-order valence-corrected chi connectivity index (χ2v) is 6.64. The molecule has 0 spiro atoms. The monoisotopic (exact) mass is 369 g/mol. The van der Waals surface area contributed by atoms with Crippen LogP contribution in [0.2, 0.25) is 0 Å². The second kappa shape index (κ2) is 9.26. The number of hydrogen-bond donors (Lipinski definition) is 1. The Kier molecular flexibility index (Phi) is 6.52. The maximum atomic E-state index is 12.3. The Morgan fingerprint density at radius 3 is 2.52 bits per heavy atom. The summed E-state index contributed by atoms with van der Waals surface area (Å²) in [6.07, 6.45) is 6.24. The molecule has 1 aliphatic rings. The van der Waals surface area contributed by atoms with E-state index in [-0.39, 0.29) is 5.91 Å². The number of rotatable bonds is 7. The van der Waals surface area contributed by atoms with E-state index < -0.39 is 0 Å². The topological polar surface area (TPSA) is 63.7 Å². The number of ether oxygens (including phenoxy) is 2. The number of piperidine rings is 1. The summed E-state index contributed by atoms with van der Waals surface area (Å²) in [5.41, 5.74) is 2.61.